The highest BCUT2D eigenvalue weighted by Gasteiger charge is 2.12. The number of rotatable bonds is 2. The van der Waals surface area contributed by atoms with E-state index < -0.39 is 11.7 Å². The fraction of sp³-hybridized carbons (Fsp3) is 0. The highest BCUT2D eigenvalue weighted by Crippen LogP contribution is 2.23. The average molecular weight is 319 g/mol. The molecule has 0 heterocycles. The number of benzene rings is 2. The van der Waals surface area contributed by atoms with Crippen molar-refractivity contribution in [3.63, 3.8) is 0 Å². The fourth-order valence-corrected chi connectivity index (χ4v) is 2.18. The minimum Gasteiger partial charge on any atom is -0.322 e. The van der Waals surface area contributed by atoms with Crippen molar-refractivity contribution in [2.45, 2.75) is 0 Å². The topological polar surface area (TPSA) is 29.1 Å². The Hall–Kier alpha value is -1.29. The van der Waals surface area contributed by atoms with Crippen molar-refractivity contribution < 1.29 is 9.18 Å². The van der Waals surface area contributed by atoms with E-state index in [1.165, 1.54) is 30.3 Å². The van der Waals surface area contributed by atoms with E-state index in [4.69, 9.17) is 34.8 Å². The quantitative estimate of drug-likeness (QED) is 0.826. The molecule has 0 aliphatic rings. The van der Waals surface area contributed by atoms with Crippen molar-refractivity contribution in [3.8, 4) is 0 Å². The summed E-state index contributed by atoms with van der Waals surface area (Å²) in [6.45, 7) is 0. The molecule has 1 amide bonds. The van der Waals surface area contributed by atoms with Crippen LogP contribution in [0.3, 0.4) is 0 Å². The van der Waals surface area contributed by atoms with E-state index in [0.717, 1.165) is 6.07 Å². The van der Waals surface area contributed by atoms with Crippen LogP contribution in [0.4, 0.5) is 10.1 Å². The van der Waals surface area contributed by atoms with Gasteiger partial charge < -0.3 is 5.32 Å². The molecule has 0 saturated heterocycles. The number of carbonyl (C=O) groups excluding carboxylic acids is 1. The molecule has 0 aliphatic carbocycles. The second kappa shape index (κ2) is 5.78. The van der Waals surface area contributed by atoms with Crippen LogP contribution in [0.25, 0.3) is 0 Å². The van der Waals surface area contributed by atoms with E-state index in [-0.39, 0.29) is 10.6 Å². The number of nitrogens with one attached hydrogen (secondary N) is 1. The predicted octanol–water partition coefficient (Wildman–Crippen LogP) is 5.04. The molecule has 98 valence electrons. The smallest absolute Gasteiger partial charge is 0.258 e. The molecule has 0 aromatic heterocycles. The lowest BCUT2D eigenvalue weighted by atomic mass is 10.2. The lowest BCUT2D eigenvalue weighted by Crippen LogP contribution is -2.13. The van der Waals surface area contributed by atoms with Gasteiger partial charge in [0.2, 0.25) is 0 Å². The lowest BCUT2D eigenvalue weighted by Gasteiger charge is -2.07. The third kappa shape index (κ3) is 3.60. The Morgan fingerprint density at radius 2 is 1.58 bits per heavy atom. The van der Waals surface area contributed by atoms with Gasteiger partial charge in [-0.3, -0.25) is 4.79 Å². The summed E-state index contributed by atoms with van der Waals surface area (Å²) in [4.78, 5) is 11.9. The van der Waals surface area contributed by atoms with E-state index in [1.54, 1.807) is 0 Å². The average Bonchev–Trinajstić information content (AvgIpc) is 2.26. The van der Waals surface area contributed by atoms with Crippen molar-refractivity contribution in [2.24, 2.45) is 0 Å². The highest BCUT2D eigenvalue weighted by molar-refractivity contribution is 6.35. The van der Waals surface area contributed by atoms with Gasteiger partial charge in [-0.2, -0.15) is 0 Å². The van der Waals surface area contributed by atoms with E-state index in [2.05, 4.69) is 5.32 Å². The number of halogens is 4. The van der Waals surface area contributed by atoms with E-state index in [0.29, 0.717) is 15.7 Å². The van der Waals surface area contributed by atoms with Gasteiger partial charge in [0.15, 0.2) is 0 Å². The van der Waals surface area contributed by atoms with Crippen molar-refractivity contribution in [1.82, 2.24) is 0 Å². The number of hydrogen-bond acceptors (Lipinski definition) is 1. The number of anilines is 1. The third-order valence-corrected chi connectivity index (χ3v) is 2.97. The Morgan fingerprint density at radius 1 is 0.947 bits per heavy atom. The summed E-state index contributed by atoms with van der Waals surface area (Å²) in [5, 5.41) is 3.48. The van der Waals surface area contributed by atoms with Crippen LogP contribution < -0.4 is 5.32 Å². The second-order valence-corrected chi connectivity index (χ2v) is 5.05. The molecular formula is C13H7Cl3FNO. The summed E-state index contributed by atoms with van der Waals surface area (Å²) >= 11 is 17.2. The van der Waals surface area contributed by atoms with Gasteiger partial charge in [0.05, 0.1) is 5.56 Å². The fourth-order valence-electron chi connectivity index (χ4n) is 1.50. The molecule has 0 spiro atoms. The Bertz CT molecular complexity index is 626. The highest BCUT2D eigenvalue weighted by atomic mass is 35.5. The normalized spacial score (nSPS) is 10.3. The van der Waals surface area contributed by atoms with Gasteiger partial charge in [0.1, 0.15) is 5.82 Å². The van der Waals surface area contributed by atoms with Crippen LogP contribution >= 0.6 is 34.8 Å². The Labute approximate surface area is 124 Å². The van der Waals surface area contributed by atoms with Crippen LogP contribution in [0.15, 0.2) is 36.4 Å². The molecule has 0 unspecified atom stereocenters. The summed E-state index contributed by atoms with van der Waals surface area (Å²) in [6, 6.07) is 8.37. The minimum absolute atomic E-state index is 0.111. The maximum Gasteiger partial charge on any atom is 0.258 e. The zero-order valence-corrected chi connectivity index (χ0v) is 11.7. The third-order valence-electron chi connectivity index (χ3n) is 2.30. The predicted molar refractivity (Wildman–Crippen MR) is 75.8 cm³/mol. The zero-order valence-electron chi connectivity index (χ0n) is 9.38. The first-order valence-electron chi connectivity index (χ1n) is 5.18. The minimum atomic E-state index is -0.696. The molecule has 0 fully saturated rings. The Kier molecular flexibility index (Phi) is 4.30. The van der Waals surface area contributed by atoms with Crippen molar-refractivity contribution >= 4 is 46.4 Å². The Balaban J connectivity index is 2.25. The lowest BCUT2D eigenvalue weighted by molar-refractivity contribution is 0.102. The molecule has 2 aromatic rings. The van der Waals surface area contributed by atoms with Crippen LogP contribution in [0.1, 0.15) is 10.4 Å². The maximum absolute atomic E-state index is 13.6. The standard InChI is InChI=1S/C13H7Cl3FNO/c14-7-1-2-11(12(17)6-7)13(19)18-10-4-8(15)3-9(16)5-10/h1-6H,(H,18,19). The zero-order chi connectivity index (χ0) is 14.0. The summed E-state index contributed by atoms with van der Waals surface area (Å²) in [6.07, 6.45) is 0. The van der Waals surface area contributed by atoms with E-state index in [9.17, 15) is 9.18 Å². The van der Waals surface area contributed by atoms with Crippen LogP contribution in [-0.4, -0.2) is 5.91 Å². The van der Waals surface area contributed by atoms with Gasteiger partial charge >= 0.3 is 0 Å². The van der Waals surface area contributed by atoms with Gasteiger partial charge in [-0.1, -0.05) is 34.8 Å². The number of amides is 1. The molecule has 1 N–H and O–H groups in total. The van der Waals surface area contributed by atoms with Crippen LogP contribution in [0, 0.1) is 5.82 Å². The SMILES string of the molecule is O=C(Nc1cc(Cl)cc(Cl)c1)c1ccc(Cl)cc1F. The van der Waals surface area contributed by atoms with Gasteiger partial charge in [-0.15, -0.1) is 0 Å². The molecule has 0 bridgehead atoms. The first kappa shape index (κ1) is 14.1. The molecule has 6 heteroatoms. The van der Waals surface area contributed by atoms with Gasteiger partial charge in [-0.05, 0) is 36.4 Å². The van der Waals surface area contributed by atoms with Crippen LogP contribution in [0.2, 0.25) is 15.1 Å². The molecule has 0 atom stereocenters. The number of hydrogen-bond donors (Lipinski definition) is 1. The summed E-state index contributed by atoms with van der Waals surface area (Å²) in [7, 11) is 0. The van der Waals surface area contributed by atoms with Crippen molar-refractivity contribution in [3.05, 3.63) is 62.8 Å². The monoisotopic (exact) mass is 317 g/mol. The van der Waals surface area contributed by atoms with E-state index >= 15 is 0 Å². The van der Waals surface area contributed by atoms with Gasteiger partial charge in [-0.25, -0.2) is 4.39 Å². The van der Waals surface area contributed by atoms with Gasteiger partial charge in [0, 0.05) is 20.8 Å². The molecule has 0 aliphatic heterocycles. The summed E-state index contributed by atoms with van der Waals surface area (Å²) in [5.41, 5.74) is 0.275. The molecule has 2 aromatic carbocycles. The van der Waals surface area contributed by atoms with Crippen molar-refractivity contribution in [2.75, 3.05) is 5.32 Å². The van der Waals surface area contributed by atoms with E-state index in [1.807, 2.05) is 0 Å². The molecular weight excluding hydrogens is 312 g/mol. The van der Waals surface area contributed by atoms with Crippen LogP contribution in [0.5, 0.6) is 0 Å². The molecule has 2 rings (SSSR count). The summed E-state index contributed by atoms with van der Waals surface area (Å²) < 4.78 is 13.6. The molecule has 2 nitrogen and oxygen atoms in total. The molecule has 0 saturated carbocycles. The molecule has 19 heavy (non-hydrogen) atoms. The largest absolute Gasteiger partial charge is 0.322 e. The van der Waals surface area contributed by atoms with Gasteiger partial charge in [0.25, 0.3) is 5.91 Å². The van der Waals surface area contributed by atoms with Crippen LogP contribution in [-0.2, 0) is 0 Å². The summed E-state index contributed by atoms with van der Waals surface area (Å²) in [5.74, 6) is -1.30. The van der Waals surface area contributed by atoms with Crippen molar-refractivity contribution in [1.29, 1.82) is 0 Å². The Morgan fingerprint density at radius 3 is 2.16 bits per heavy atom. The number of carbonyl (C=O) groups is 1. The maximum atomic E-state index is 13.6. The first-order valence-corrected chi connectivity index (χ1v) is 6.31. The second-order valence-electron chi connectivity index (χ2n) is 3.74. The first-order chi connectivity index (χ1) is 8.95. The molecule has 0 radical (unpaired) electrons.